The predicted molar refractivity (Wildman–Crippen MR) is 102 cm³/mol. The van der Waals surface area contributed by atoms with E-state index in [1.807, 2.05) is 18.2 Å². The number of rotatable bonds is 5. The van der Waals surface area contributed by atoms with Gasteiger partial charge in [-0.05, 0) is 56.1 Å². The first-order chi connectivity index (χ1) is 12.2. The van der Waals surface area contributed by atoms with Gasteiger partial charge >= 0.3 is 0 Å². The Morgan fingerprint density at radius 3 is 2.44 bits per heavy atom. The summed E-state index contributed by atoms with van der Waals surface area (Å²) in [6.07, 6.45) is 10.4. The molecule has 1 N–H and O–H groups in total. The van der Waals surface area contributed by atoms with Crippen LogP contribution in [0.4, 0.5) is 0 Å². The summed E-state index contributed by atoms with van der Waals surface area (Å²) in [5, 5.41) is 4.46. The van der Waals surface area contributed by atoms with Gasteiger partial charge in [-0.15, -0.1) is 0 Å². The third-order valence-electron chi connectivity index (χ3n) is 6.42. The van der Waals surface area contributed by atoms with Gasteiger partial charge in [0, 0.05) is 36.1 Å². The number of benzene rings is 1. The fourth-order valence-electron chi connectivity index (χ4n) is 5.15. The number of fused-ring (bicyclic) bond motifs is 2. The molecular formula is C21H29ClN2O. The van der Waals surface area contributed by atoms with E-state index < -0.39 is 0 Å². The summed E-state index contributed by atoms with van der Waals surface area (Å²) >= 11 is 6.37. The van der Waals surface area contributed by atoms with Crippen molar-refractivity contribution in [2.75, 3.05) is 0 Å². The average Bonchev–Trinajstić information content (AvgIpc) is 3.24. The lowest BCUT2D eigenvalue weighted by molar-refractivity contribution is -0.135. The van der Waals surface area contributed by atoms with E-state index in [0.29, 0.717) is 36.5 Å². The van der Waals surface area contributed by atoms with Crippen LogP contribution < -0.4 is 5.32 Å². The smallest absolute Gasteiger partial charge is 0.223 e. The molecular weight excluding hydrogens is 332 g/mol. The molecule has 25 heavy (non-hydrogen) atoms. The number of hydrogen-bond donors (Lipinski definition) is 1. The maximum atomic E-state index is 13.2. The van der Waals surface area contributed by atoms with Crippen LogP contribution in [0.3, 0.4) is 0 Å². The van der Waals surface area contributed by atoms with Crippen molar-refractivity contribution in [3.8, 4) is 0 Å². The molecule has 1 aromatic carbocycles. The Labute approximate surface area is 156 Å². The first-order valence-corrected chi connectivity index (χ1v) is 10.4. The lowest BCUT2D eigenvalue weighted by Gasteiger charge is -2.33. The SMILES string of the molecule is O=C(CC1CC2CCC(C1)N2)N(Cc1ccccc1Cl)C1CCCC1. The molecule has 0 spiro atoms. The first-order valence-electron chi connectivity index (χ1n) is 9.98. The molecule has 3 nitrogen and oxygen atoms in total. The lowest BCUT2D eigenvalue weighted by Crippen LogP contribution is -2.42. The highest BCUT2D eigenvalue weighted by molar-refractivity contribution is 6.31. The Bertz CT molecular complexity index is 602. The summed E-state index contributed by atoms with van der Waals surface area (Å²) in [6.45, 7) is 0.668. The molecule has 1 aromatic rings. The minimum absolute atomic E-state index is 0.345. The fraction of sp³-hybridized carbons (Fsp3) is 0.667. The van der Waals surface area contributed by atoms with Crippen LogP contribution >= 0.6 is 11.6 Å². The normalized spacial score (nSPS) is 29.1. The van der Waals surface area contributed by atoms with E-state index in [2.05, 4.69) is 16.3 Å². The van der Waals surface area contributed by atoms with Gasteiger partial charge in [-0.25, -0.2) is 0 Å². The van der Waals surface area contributed by atoms with Crippen molar-refractivity contribution in [2.45, 2.75) is 82.5 Å². The topological polar surface area (TPSA) is 32.3 Å². The molecule has 2 saturated heterocycles. The van der Waals surface area contributed by atoms with Gasteiger partial charge in [0.25, 0.3) is 0 Å². The number of nitrogens with one attached hydrogen (secondary N) is 1. The van der Waals surface area contributed by atoms with Gasteiger partial charge < -0.3 is 10.2 Å². The molecule has 3 aliphatic rings. The number of carbonyl (C=O) groups excluding carboxylic acids is 1. The van der Waals surface area contributed by atoms with Crippen LogP contribution in [0.15, 0.2) is 24.3 Å². The zero-order chi connectivity index (χ0) is 17.2. The van der Waals surface area contributed by atoms with Gasteiger partial charge in [0.2, 0.25) is 5.91 Å². The van der Waals surface area contributed by atoms with E-state index in [-0.39, 0.29) is 0 Å². The van der Waals surface area contributed by atoms with Gasteiger partial charge in [-0.2, -0.15) is 0 Å². The molecule has 1 amide bonds. The zero-order valence-corrected chi connectivity index (χ0v) is 15.7. The van der Waals surface area contributed by atoms with Crippen molar-refractivity contribution < 1.29 is 4.79 Å². The van der Waals surface area contributed by atoms with Gasteiger partial charge in [0.15, 0.2) is 0 Å². The number of halogens is 1. The van der Waals surface area contributed by atoms with Crippen molar-refractivity contribution in [2.24, 2.45) is 5.92 Å². The van der Waals surface area contributed by atoms with E-state index in [1.165, 1.54) is 38.5 Å². The quantitative estimate of drug-likeness (QED) is 0.836. The molecule has 1 aliphatic carbocycles. The summed E-state index contributed by atoms with van der Waals surface area (Å²) in [5.74, 6) is 0.902. The van der Waals surface area contributed by atoms with Crippen molar-refractivity contribution in [1.82, 2.24) is 10.2 Å². The molecule has 4 rings (SSSR count). The Morgan fingerprint density at radius 2 is 1.76 bits per heavy atom. The Balaban J connectivity index is 1.45. The number of nitrogens with zero attached hydrogens (tertiary/aromatic N) is 1. The molecule has 3 fully saturated rings. The summed E-state index contributed by atoms with van der Waals surface area (Å²) in [4.78, 5) is 15.4. The second-order valence-corrected chi connectivity index (χ2v) is 8.64. The molecule has 2 bridgehead atoms. The average molecular weight is 361 g/mol. The molecule has 1 saturated carbocycles. The van der Waals surface area contributed by atoms with Crippen molar-refractivity contribution >= 4 is 17.5 Å². The summed E-state index contributed by atoms with van der Waals surface area (Å²) < 4.78 is 0. The van der Waals surface area contributed by atoms with Crippen molar-refractivity contribution in [1.29, 1.82) is 0 Å². The molecule has 2 aliphatic heterocycles. The Kier molecular flexibility index (Phi) is 5.33. The maximum Gasteiger partial charge on any atom is 0.223 e. The third-order valence-corrected chi connectivity index (χ3v) is 6.79. The Hall–Kier alpha value is -1.06. The second kappa shape index (κ2) is 7.67. The summed E-state index contributed by atoms with van der Waals surface area (Å²) in [5.41, 5.74) is 1.08. The lowest BCUT2D eigenvalue weighted by atomic mass is 9.89. The first kappa shape index (κ1) is 17.4. The van der Waals surface area contributed by atoms with Gasteiger partial charge in [0.1, 0.15) is 0 Å². The molecule has 136 valence electrons. The molecule has 2 heterocycles. The van der Waals surface area contributed by atoms with E-state index in [4.69, 9.17) is 11.6 Å². The highest BCUT2D eigenvalue weighted by Gasteiger charge is 2.36. The van der Waals surface area contributed by atoms with Crippen molar-refractivity contribution in [3.63, 3.8) is 0 Å². The minimum Gasteiger partial charge on any atom is -0.335 e. The second-order valence-electron chi connectivity index (χ2n) is 8.23. The minimum atomic E-state index is 0.345. The maximum absolute atomic E-state index is 13.2. The molecule has 4 heteroatoms. The summed E-state index contributed by atoms with van der Waals surface area (Å²) in [6, 6.07) is 9.67. The third kappa shape index (κ3) is 4.03. The van der Waals surface area contributed by atoms with Crippen LogP contribution in [0.5, 0.6) is 0 Å². The van der Waals surface area contributed by atoms with Crippen molar-refractivity contribution in [3.05, 3.63) is 34.9 Å². The van der Waals surface area contributed by atoms with E-state index >= 15 is 0 Å². The van der Waals surface area contributed by atoms with Gasteiger partial charge in [0.05, 0.1) is 0 Å². The zero-order valence-electron chi connectivity index (χ0n) is 14.9. The van der Waals surface area contributed by atoms with Crippen LogP contribution in [-0.4, -0.2) is 28.9 Å². The summed E-state index contributed by atoms with van der Waals surface area (Å²) in [7, 11) is 0. The number of amides is 1. The van der Waals surface area contributed by atoms with Crippen LogP contribution in [-0.2, 0) is 11.3 Å². The number of hydrogen-bond acceptors (Lipinski definition) is 2. The van der Waals surface area contributed by atoms with Crippen LogP contribution in [0.2, 0.25) is 5.02 Å². The van der Waals surface area contributed by atoms with Gasteiger partial charge in [-0.1, -0.05) is 42.6 Å². The van der Waals surface area contributed by atoms with Crippen LogP contribution in [0, 0.1) is 5.92 Å². The molecule has 2 unspecified atom stereocenters. The molecule has 2 atom stereocenters. The molecule has 0 aromatic heterocycles. The van der Waals surface area contributed by atoms with E-state index in [1.54, 1.807) is 0 Å². The monoisotopic (exact) mass is 360 g/mol. The molecule has 0 radical (unpaired) electrons. The van der Waals surface area contributed by atoms with Crippen LogP contribution in [0.1, 0.15) is 63.4 Å². The Morgan fingerprint density at radius 1 is 1.08 bits per heavy atom. The number of piperidine rings is 1. The standard InChI is InChI=1S/C21H29ClN2O/c22-20-8-4-1-5-16(20)14-24(19-6-2-3-7-19)21(25)13-15-11-17-9-10-18(12-15)23-17/h1,4-5,8,15,17-19,23H,2-3,6-7,9-14H2. The van der Waals surface area contributed by atoms with E-state index in [9.17, 15) is 4.79 Å². The fourth-order valence-corrected chi connectivity index (χ4v) is 5.35. The van der Waals surface area contributed by atoms with E-state index in [0.717, 1.165) is 29.8 Å². The number of carbonyl (C=O) groups is 1. The van der Waals surface area contributed by atoms with Gasteiger partial charge in [-0.3, -0.25) is 4.79 Å². The predicted octanol–water partition coefficient (Wildman–Crippen LogP) is 4.53. The van der Waals surface area contributed by atoms with Crippen LogP contribution in [0.25, 0.3) is 0 Å². The highest BCUT2D eigenvalue weighted by Crippen LogP contribution is 2.34. The largest absolute Gasteiger partial charge is 0.335 e. The highest BCUT2D eigenvalue weighted by atomic mass is 35.5.